The van der Waals surface area contributed by atoms with Gasteiger partial charge in [0.05, 0.1) is 29.1 Å². The average Bonchev–Trinajstić information content (AvgIpc) is 2.80. The molecule has 4 rings (SSSR count). The fourth-order valence-electron chi connectivity index (χ4n) is 3.46. The molecule has 1 atom stereocenters. The Morgan fingerprint density at radius 2 is 1.66 bits per heavy atom. The second kappa shape index (κ2) is 9.40. The summed E-state index contributed by atoms with van der Waals surface area (Å²) in [4.78, 5) is 12.8. The molecule has 35 heavy (non-hydrogen) atoms. The van der Waals surface area contributed by atoms with Gasteiger partial charge in [-0.15, -0.1) is 0 Å². The van der Waals surface area contributed by atoms with E-state index in [-0.39, 0.29) is 17.2 Å². The predicted molar refractivity (Wildman–Crippen MR) is 135 cm³/mol. The van der Waals surface area contributed by atoms with Gasteiger partial charge in [0, 0.05) is 10.7 Å². The van der Waals surface area contributed by atoms with Crippen molar-refractivity contribution in [2.24, 2.45) is 0 Å². The van der Waals surface area contributed by atoms with E-state index < -0.39 is 32.1 Å². The number of nitrogens with one attached hydrogen (secondary N) is 2. The number of rotatable bonds is 6. The number of hydrogen-bond acceptors (Lipinski definition) is 6. The van der Waals surface area contributed by atoms with Gasteiger partial charge in [-0.2, -0.15) is 0 Å². The van der Waals surface area contributed by atoms with Crippen LogP contribution in [0.2, 0.25) is 5.02 Å². The Balaban J connectivity index is 1.47. The first-order valence-corrected chi connectivity index (χ1v) is 14.1. The highest BCUT2D eigenvalue weighted by Crippen LogP contribution is 2.35. The van der Waals surface area contributed by atoms with Crippen molar-refractivity contribution >= 4 is 54.6 Å². The summed E-state index contributed by atoms with van der Waals surface area (Å²) in [6.07, 6.45) is -0.0436. The van der Waals surface area contributed by atoms with Crippen LogP contribution in [-0.4, -0.2) is 41.6 Å². The Bertz CT molecular complexity index is 1490. The molecular weight excluding hydrogens is 514 g/mol. The summed E-state index contributed by atoms with van der Waals surface area (Å²) in [6.45, 7) is 1.61. The number of nitrogens with zero attached hydrogens (tertiary/aromatic N) is 1. The van der Waals surface area contributed by atoms with Crippen molar-refractivity contribution in [1.82, 2.24) is 0 Å². The van der Waals surface area contributed by atoms with Crippen LogP contribution >= 0.6 is 11.6 Å². The van der Waals surface area contributed by atoms with Crippen LogP contribution in [0.15, 0.2) is 71.6 Å². The fourth-order valence-corrected chi connectivity index (χ4v) is 5.61. The van der Waals surface area contributed by atoms with Crippen LogP contribution in [-0.2, 0) is 24.8 Å². The third kappa shape index (κ3) is 5.53. The zero-order valence-electron chi connectivity index (χ0n) is 18.7. The number of anilines is 3. The summed E-state index contributed by atoms with van der Waals surface area (Å²) in [5.74, 6) is -0.302. The molecule has 1 amide bonds. The molecule has 0 aliphatic carbocycles. The third-order valence-corrected chi connectivity index (χ3v) is 8.23. The molecule has 0 aromatic heterocycles. The topological polar surface area (TPSA) is 122 Å². The van der Waals surface area contributed by atoms with E-state index in [9.17, 15) is 21.6 Å². The minimum atomic E-state index is -3.89. The first-order valence-electron chi connectivity index (χ1n) is 10.4. The Morgan fingerprint density at radius 1 is 1.00 bits per heavy atom. The van der Waals surface area contributed by atoms with E-state index >= 15 is 0 Å². The number of carbonyl (C=O) groups excluding carboxylic acids is 1. The molecule has 0 spiro atoms. The quantitative estimate of drug-likeness (QED) is 0.497. The second-order valence-electron chi connectivity index (χ2n) is 7.95. The summed E-state index contributed by atoms with van der Waals surface area (Å²) in [6, 6.07) is 16.9. The van der Waals surface area contributed by atoms with Gasteiger partial charge in [-0.1, -0.05) is 29.8 Å². The minimum absolute atomic E-state index is 0.0155. The van der Waals surface area contributed by atoms with Crippen molar-refractivity contribution in [1.29, 1.82) is 0 Å². The van der Waals surface area contributed by atoms with Crippen molar-refractivity contribution < 1.29 is 26.4 Å². The largest absolute Gasteiger partial charge is 0.476 e. The highest BCUT2D eigenvalue weighted by molar-refractivity contribution is 7.92. The van der Waals surface area contributed by atoms with Crippen LogP contribution in [0.25, 0.3) is 0 Å². The maximum atomic E-state index is 12.8. The summed E-state index contributed by atoms with van der Waals surface area (Å²) in [5.41, 5.74) is 1.82. The molecule has 12 heteroatoms. The fraction of sp³-hybridized carbons (Fsp3) is 0.174. The van der Waals surface area contributed by atoms with Crippen LogP contribution in [0.5, 0.6) is 5.75 Å². The third-order valence-electron chi connectivity index (χ3n) is 5.28. The van der Waals surface area contributed by atoms with Gasteiger partial charge in [0.25, 0.3) is 15.9 Å². The molecule has 1 aliphatic rings. The lowest BCUT2D eigenvalue weighted by atomic mass is 10.2. The van der Waals surface area contributed by atoms with Gasteiger partial charge in [0.2, 0.25) is 10.0 Å². The monoisotopic (exact) mass is 535 g/mol. The number of sulfonamides is 2. The van der Waals surface area contributed by atoms with Crippen molar-refractivity contribution in [2.45, 2.75) is 17.9 Å². The molecule has 3 aromatic rings. The number of para-hydroxylation sites is 2. The minimum Gasteiger partial charge on any atom is -0.476 e. The number of halogens is 1. The Morgan fingerprint density at radius 3 is 2.31 bits per heavy atom. The van der Waals surface area contributed by atoms with Crippen molar-refractivity contribution in [3.8, 4) is 5.75 Å². The van der Waals surface area contributed by atoms with E-state index in [0.717, 1.165) is 16.1 Å². The molecule has 0 radical (unpaired) electrons. The van der Waals surface area contributed by atoms with Crippen LogP contribution in [0.4, 0.5) is 17.1 Å². The summed E-state index contributed by atoms with van der Waals surface area (Å²) in [5, 5.41) is 3.07. The highest BCUT2D eigenvalue weighted by Gasteiger charge is 2.34. The molecule has 3 aromatic carbocycles. The van der Waals surface area contributed by atoms with Crippen LogP contribution in [0, 0.1) is 6.92 Å². The highest BCUT2D eigenvalue weighted by atomic mass is 35.5. The van der Waals surface area contributed by atoms with Gasteiger partial charge in [-0.25, -0.2) is 16.8 Å². The molecule has 1 heterocycles. The van der Waals surface area contributed by atoms with Crippen molar-refractivity contribution in [3.05, 3.63) is 77.3 Å². The SMILES string of the molecule is Cc1ccc(NS(=O)(=O)c2ccc(NC(=O)C3CN(S(C)(=O)=O)c4ccccc4O3)cc2)cc1Cl. The molecule has 2 N–H and O–H groups in total. The number of ether oxygens (including phenoxy) is 1. The molecule has 0 bridgehead atoms. The number of amides is 1. The maximum absolute atomic E-state index is 12.8. The van der Waals surface area contributed by atoms with Crippen LogP contribution in [0.3, 0.4) is 0 Å². The summed E-state index contributed by atoms with van der Waals surface area (Å²) in [7, 11) is -7.53. The number of aryl methyl sites for hydroxylation is 1. The van der Waals surface area contributed by atoms with Gasteiger partial charge in [0.1, 0.15) is 5.75 Å². The van der Waals surface area contributed by atoms with Crippen LogP contribution in [0.1, 0.15) is 5.56 Å². The standard InChI is InChI=1S/C23H22ClN3O6S2/c1-15-7-8-17(13-19(15)24)26-35(31,32)18-11-9-16(10-12-18)25-23(28)22-14-27(34(2,29)30)20-5-3-4-6-21(20)33-22/h3-13,22,26H,14H2,1-2H3,(H,25,28). The van der Waals surface area contributed by atoms with Crippen molar-refractivity contribution in [3.63, 3.8) is 0 Å². The zero-order chi connectivity index (χ0) is 25.4. The molecule has 9 nitrogen and oxygen atoms in total. The van der Waals surface area contributed by atoms with Gasteiger partial charge >= 0.3 is 0 Å². The average molecular weight is 536 g/mol. The number of benzene rings is 3. The Hall–Kier alpha value is -3.28. The first-order chi connectivity index (χ1) is 16.4. The zero-order valence-corrected chi connectivity index (χ0v) is 21.1. The van der Waals surface area contributed by atoms with Gasteiger partial charge in [-0.3, -0.25) is 13.8 Å². The normalized spacial score (nSPS) is 15.6. The smallest absolute Gasteiger partial charge is 0.267 e. The van der Waals surface area contributed by atoms with Gasteiger partial charge in [0.15, 0.2) is 6.10 Å². The van der Waals surface area contributed by atoms with E-state index in [4.69, 9.17) is 16.3 Å². The summed E-state index contributed by atoms with van der Waals surface area (Å²) >= 11 is 6.06. The molecule has 0 saturated heterocycles. The van der Waals surface area contributed by atoms with E-state index in [1.54, 1.807) is 36.4 Å². The maximum Gasteiger partial charge on any atom is 0.267 e. The Kier molecular flexibility index (Phi) is 6.67. The Labute approximate surface area is 208 Å². The second-order valence-corrected chi connectivity index (χ2v) is 11.9. The lowest BCUT2D eigenvalue weighted by molar-refractivity contribution is -0.122. The molecule has 184 valence electrons. The van der Waals surface area contributed by atoms with Gasteiger partial charge < -0.3 is 10.1 Å². The molecule has 0 saturated carbocycles. The van der Waals surface area contributed by atoms with Crippen molar-refractivity contribution in [2.75, 3.05) is 27.1 Å². The van der Waals surface area contributed by atoms with E-state index in [1.807, 2.05) is 6.92 Å². The van der Waals surface area contributed by atoms with E-state index in [2.05, 4.69) is 10.0 Å². The summed E-state index contributed by atoms with van der Waals surface area (Å²) < 4.78 is 59.2. The van der Waals surface area contributed by atoms with E-state index in [1.165, 1.54) is 30.3 Å². The lowest BCUT2D eigenvalue weighted by Gasteiger charge is -2.33. The molecular formula is C23H22ClN3O6S2. The first kappa shape index (κ1) is 24.8. The molecule has 1 unspecified atom stereocenters. The number of hydrogen-bond donors (Lipinski definition) is 2. The van der Waals surface area contributed by atoms with Crippen LogP contribution < -0.4 is 19.1 Å². The van der Waals surface area contributed by atoms with E-state index in [0.29, 0.717) is 22.1 Å². The van der Waals surface area contributed by atoms with Gasteiger partial charge in [-0.05, 0) is 61.0 Å². The lowest BCUT2D eigenvalue weighted by Crippen LogP contribution is -2.48. The predicted octanol–water partition coefficient (Wildman–Crippen LogP) is 3.61. The molecule has 1 aliphatic heterocycles. The number of carbonyl (C=O) groups is 1. The number of fused-ring (bicyclic) bond motifs is 1. The molecule has 0 fully saturated rings.